The Balaban J connectivity index is 2.03. The summed E-state index contributed by atoms with van der Waals surface area (Å²) >= 11 is 0. The highest BCUT2D eigenvalue weighted by molar-refractivity contribution is 5.37. The Hall–Kier alpha value is -2.28. The summed E-state index contributed by atoms with van der Waals surface area (Å²) in [5, 5.41) is 4.04. The zero-order valence-electron chi connectivity index (χ0n) is 8.09. The molecule has 4 heteroatoms. The number of aromatic nitrogens is 3. The summed E-state index contributed by atoms with van der Waals surface area (Å²) in [5.41, 5.74) is 6.32. The molecule has 2 heterocycles. The van der Waals surface area contributed by atoms with Crippen molar-refractivity contribution in [2.75, 3.05) is 5.73 Å². The second kappa shape index (κ2) is 4.29. The number of nitrogen functional groups attached to an aromatic ring is 1. The van der Waals surface area contributed by atoms with Gasteiger partial charge in [-0.25, -0.2) is 4.98 Å². The molecule has 74 valence electrons. The molecule has 0 amide bonds. The van der Waals surface area contributed by atoms with Crippen molar-refractivity contribution in [2.24, 2.45) is 0 Å². The van der Waals surface area contributed by atoms with Crippen molar-refractivity contribution in [3.05, 3.63) is 42.4 Å². The minimum atomic E-state index is 0.507. The monoisotopic (exact) mass is 198 g/mol. The second-order valence-electron chi connectivity index (χ2n) is 2.98. The Bertz CT molecular complexity index is 474. The van der Waals surface area contributed by atoms with Gasteiger partial charge in [0.15, 0.2) is 0 Å². The van der Waals surface area contributed by atoms with E-state index in [1.54, 1.807) is 23.1 Å². The maximum atomic E-state index is 5.46. The zero-order valence-corrected chi connectivity index (χ0v) is 8.09. The van der Waals surface area contributed by atoms with E-state index in [1.165, 1.54) is 0 Å². The average molecular weight is 198 g/mol. The van der Waals surface area contributed by atoms with E-state index in [4.69, 9.17) is 5.73 Å². The first-order valence-electron chi connectivity index (χ1n) is 4.52. The predicted octanol–water partition coefficient (Wildman–Crippen LogP) is 0.912. The molecule has 0 bridgehead atoms. The topological polar surface area (TPSA) is 56.7 Å². The Morgan fingerprint density at radius 1 is 1.40 bits per heavy atom. The standard InChI is InChI=1S/C11H10N4/c12-11-5-4-10(9-13-11)3-1-7-15-8-2-6-14-15/h2,4-6,8-9H,7H2,(H2,12,13). The average Bonchev–Trinajstić information content (AvgIpc) is 2.74. The number of anilines is 1. The molecule has 0 atom stereocenters. The lowest BCUT2D eigenvalue weighted by Gasteiger charge is -1.92. The van der Waals surface area contributed by atoms with Gasteiger partial charge in [-0.05, 0) is 18.2 Å². The molecule has 0 aliphatic heterocycles. The summed E-state index contributed by atoms with van der Waals surface area (Å²) in [5.74, 6) is 6.48. The van der Waals surface area contributed by atoms with Gasteiger partial charge in [-0.2, -0.15) is 5.10 Å². The normalized spacial score (nSPS) is 9.33. The van der Waals surface area contributed by atoms with Gasteiger partial charge in [-0.3, -0.25) is 4.68 Å². The van der Waals surface area contributed by atoms with Crippen LogP contribution in [0.2, 0.25) is 0 Å². The third-order valence-electron chi connectivity index (χ3n) is 1.82. The fraction of sp³-hybridized carbons (Fsp3) is 0.0909. The molecular formula is C11H10N4. The highest BCUT2D eigenvalue weighted by Crippen LogP contribution is 1.98. The second-order valence-corrected chi connectivity index (χ2v) is 2.98. The van der Waals surface area contributed by atoms with Crippen LogP contribution in [0.3, 0.4) is 0 Å². The number of hydrogen-bond donors (Lipinski definition) is 1. The molecule has 2 aromatic rings. The summed E-state index contributed by atoms with van der Waals surface area (Å²) in [6.45, 7) is 0.581. The zero-order chi connectivity index (χ0) is 10.5. The van der Waals surface area contributed by atoms with Crippen molar-refractivity contribution in [3.63, 3.8) is 0 Å². The molecular weight excluding hydrogens is 188 g/mol. The Labute approximate surface area is 87.7 Å². The van der Waals surface area contributed by atoms with Crippen LogP contribution in [0.15, 0.2) is 36.8 Å². The van der Waals surface area contributed by atoms with E-state index in [2.05, 4.69) is 21.9 Å². The SMILES string of the molecule is Nc1ccc(C#CCn2cccn2)cn1. The van der Waals surface area contributed by atoms with E-state index in [0.29, 0.717) is 12.4 Å². The maximum absolute atomic E-state index is 5.46. The molecule has 2 aromatic heterocycles. The van der Waals surface area contributed by atoms with Gasteiger partial charge < -0.3 is 5.73 Å². The molecule has 15 heavy (non-hydrogen) atoms. The molecule has 0 aliphatic carbocycles. The largest absolute Gasteiger partial charge is 0.384 e. The maximum Gasteiger partial charge on any atom is 0.123 e. The van der Waals surface area contributed by atoms with Crippen LogP contribution in [0.4, 0.5) is 5.82 Å². The molecule has 2 rings (SSSR count). The Kier molecular flexibility index (Phi) is 2.65. The quantitative estimate of drug-likeness (QED) is 0.693. The third-order valence-corrected chi connectivity index (χ3v) is 1.82. The molecule has 0 aromatic carbocycles. The summed E-state index contributed by atoms with van der Waals surface area (Å²) in [4.78, 5) is 3.95. The molecule has 0 saturated heterocycles. The van der Waals surface area contributed by atoms with Crippen LogP contribution in [-0.4, -0.2) is 14.8 Å². The Morgan fingerprint density at radius 3 is 3.00 bits per heavy atom. The van der Waals surface area contributed by atoms with Crippen LogP contribution in [0, 0.1) is 11.8 Å². The molecule has 0 unspecified atom stereocenters. The van der Waals surface area contributed by atoms with Crippen molar-refractivity contribution in [2.45, 2.75) is 6.54 Å². The summed E-state index contributed by atoms with van der Waals surface area (Å²) in [6.07, 6.45) is 5.26. The third kappa shape index (κ3) is 2.58. The van der Waals surface area contributed by atoms with Gasteiger partial charge in [0.05, 0.1) is 0 Å². The van der Waals surface area contributed by atoms with Gasteiger partial charge in [0.25, 0.3) is 0 Å². The smallest absolute Gasteiger partial charge is 0.123 e. The molecule has 0 saturated carbocycles. The minimum absolute atomic E-state index is 0.507. The number of nitrogens with zero attached hydrogens (tertiary/aromatic N) is 3. The van der Waals surface area contributed by atoms with Gasteiger partial charge in [-0.1, -0.05) is 11.8 Å². The van der Waals surface area contributed by atoms with Crippen molar-refractivity contribution in [3.8, 4) is 11.8 Å². The van der Waals surface area contributed by atoms with E-state index >= 15 is 0 Å². The van der Waals surface area contributed by atoms with Crippen LogP contribution in [-0.2, 0) is 6.54 Å². The first-order valence-corrected chi connectivity index (χ1v) is 4.52. The first kappa shape index (κ1) is 9.28. The van der Waals surface area contributed by atoms with Crippen molar-refractivity contribution >= 4 is 5.82 Å². The Morgan fingerprint density at radius 2 is 2.33 bits per heavy atom. The lowest BCUT2D eigenvalue weighted by molar-refractivity contribution is 0.715. The number of pyridine rings is 1. The number of nitrogens with two attached hydrogens (primary N) is 1. The van der Waals surface area contributed by atoms with E-state index in [-0.39, 0.29) is 0 Å². The summed E-state index contributed by atoms with van der Waals surface area (Å²) in [6, 6.07) is 5.45. The summed E-state index contributed by atoms with van der Waals surface area (Å²) in [7, 11) is 0. The van der Waals surface area contributed by atoms with Gasteiger partial charge >= 0.3 is 0 Å². The molecule has 0 radical (unpaired) electrons. The lowest BCUT2D eigenvalue weighted by Crippen LogP contribution is -1.95. The minimum Gasteiger partial charge on any atom is -0.384 e. The number of hydrogen-bond acceptors (Lipinski definition) is 3. The fourth-order valence-corrected chi connectivity index (χ4v) is 1.10. The molecule has 0 fully saturated rings. The molecule has 2 N–H and O–H groups in total. The lowest BCUT2D eigenvalue weighted by atomic mass is 10.3. The van der Waals surface area contributed by atoms with Crippen molar-refractivity contribution in [1.82, 2.24) is 14.8 Å². The molecule has 4 nitrogen and oxygen atoms in total. The highest BCUT2D eigenvalue weighted by Gasteiger charge is 1.87. The van der Waals surface area contributed by atoms with E-state index < -0.39 is 0 Å². The van der Waals surface area contributed by atoms with Crippen molar-refractivity contribution < 1.29 is 0 Å². The van der Waals surface area contributed by atoms with E-state index in [9.17, 15) is 0 Å². The van der Waals surface area contributed by atoms with Crippen LogP contribution >= 0.6 is 0 Å². The summed E-state index contributed by atoms with van der Waals surface area (Å²) < 4.78 is 1.76. The van der Waals surface area contributed by atoms with Gasteiger partial charge in [0, 0.05) is 24.2 Å². The number of rotatable bonds is 1. The van der Waals surface area contributed by atoms with Crippen LogP contribution in [0.1, 0.15) is 5.56 Å². The highest BCUT2D eigenvalue weighted by atomic mass is 15.3. The van der Waals surface area contributed by atoms with Crippen molar-refractivity contribution in [1.29, 1.82) is 0 Å². The first-order chi connectivity index (χ1) is 7.34. The molecule has 0 spiro atoms. The fourth-order valence-electron chi connectivity index (χ4n) is 1.10. The van der Waals surface area contributed by atoms with E-state index in [1.807, 2.05) is 18.3 Å². The predicted molar refractivity (Wildman–Crippen MR) is 57.8 cm³/mol. The van der Waals surface area contributed by atoms with Gasteiger partial charge in [0.2, 0.25) is 0 Å². The van der Waals surface area contributed by atoms with Crippen LogP contribution in [0.25, 0.3) is 0 Å². The van der Waals surface area contributed by atoms with E-state index in [0.717, 1.165) is 5.56 Å². The van der Waals surface area contributed by atoms with Gasteiger partial charge in [0.1, 0.15) is 12.4 Å². The van der Waals surface area contributed by atoms with Gasteiger partial charge in [-0.15, -0.1) is 0 Å². The van der Waals surface area contributed by atoms with Crippen LogP contribution in [0.5, 0.6) is 0 Å². The van der Waals surface area contributed by atoms with Crippen LogP contribution < -0.4 is 5.73 Å². The molecule has 0 aliphatic rings.